The van der Waals surface area contributed by atoms with Gasteiger partial charge in [0, 0.05) is 24.2 Å². The van der Waals surface area contributed by atoms with Crippen molar-refractivity contribution in [3.8, 4) is 17.0 Å². The number of anilines is 1. The molecule has 0 saturated heterocycles. The number of nitrogens with zero attached hydrogens (tertiary/aromatic N) is 3. The summed E-state index contributed by atoms with van der Waals surface area (Å²) in [5, 5.41) is 15.7. The molecule has 2 aromatic carbocycles. The normalized spacial score (nSPS) is 13.0. The Morgan fingerprint density at radius 3 is 2.62 bits per heavy atom. The van der Waals surface area contributed by atoms with Crippen LogP contribution in [0.3, 0.4) is 0 Å². The Hall–Kier alpha value is -4.79. The van der Waals surface area contributed by atoms with E-state index in [4.69, 9.17) is 9.72 Å². The van der Waals surface area contributed by atoms with Gasteiger partial charge in [-0.3, -0.25) is 9.78 Å². The molecule has 9 nitrogen and oxygen atoms in total. The number of hydrogen-bond acceptors (Lipinski definition) is 7. The maximum absolute atomic E-state index is 12.8. The predicted octanol–water partition coefficient (Wildman–Crippen LogP) is 4.33. The fourth-order valence-electron chi connectivity index (χ4n) is 4.56. The largest absolute Gasteiger partial charge is 0.494 e. The number of fused-ring (bicyclic) bond motifs is 1. The summed E-state index contributed by atoms with van der Waals surface area (Å²) >= 11 is 0. The van der Waals surface area contributed by atoms with Crippen molar-refractivity contribution in [2.24, 2.45) is 0 Å². The zero-order valence-corrected chi connectivity index (χ0v) is 22.0. The van der Waals surface area contributed by atoms with Crippen LogP contribution in [0.4, 0.5) is 5.82 Å². The summed E-state index contributed by atoms with van der Waals surface area (Å²) in [5.74, 6) is -0.0221. The van der Waals surface area contributed by atoms with Crippen LogP contribution in [0.15, 0.2) is 79.1 Å². The van der Waals surface area contributed by atoms with Crippen LogP contribution in [0.1, 0.15) is 40.2 Å². The second kappa shape index (κ2) is 12.8. The molecule has 0 spiro atoms. The lowest BCUT2D eigenvalue weighted by Gasteiger charge is -2.17. The van der Waals surface area contributed by atoms with Crippen LogP contribution in [-0.2, 0) is 24.1 Å². The Balaban J connectivity index is 1.12. The summed E-state index contributed by atoms with van der Waals surface area (Å²) in [5.41, 5.74) is 4.49. The van der Waals surface area contributed by atoms with Gasteiger partial charge in [0.1, 0.15) is 23.3 Å². The number of carboxylic acid groups (broad SMARTS) is 1. The van der Waals surface area contributed by atoms with Crippen LogP contribution in [0.25, 0.3) is 11.3 Å². The molecular formula is C31H31N5O4. The molecule has 40 heavy (non-hydrogen) atoms. The van der Waals surface area contributed by atoms with E-state index in [0.29, 0.717) is 18.1 Å². The Morgan fingerprint density at radius 2 is 1.82 bits per heavy atom. The van der Waals surface area contributed by atoms with Crippen LogP contribution in [0, 0.1) is 0 Å². The van der Waals surface area contributed by atoms with Gasteiger partial charge in [0.05, 0.1) is 24.7 Å². The van der Waals surface area contributed by atoms with Gasteiger partial charge in [-0.1, -0.05) is 48.5 Å². The molecule has 3 heterocycles. The maximum Gasteiger partial charge on any atom is 0.326 e. The van der Waals surface area contributed by atoms with E-state index in [2.05, 4.69) is 32.7 Å². The number of hydrogen-bond donors (Lipinski definition) is 3. The molecule has 5 rings (SSSR count). The first-order chi connectivity index (χ1) is 19.5. The highest BCUT2D eigenvalue weighted by atomic mass is 16.5. The molecule has 3 N–H and O–H groups in total. The van der Waals surface area contributed by atoms with Gasteiger partial charge in [0.15, 0.2) is 0 Å². The minimum atomic E-state index is -1.13. The van der Waals surface area contributed by atoms with Crippen molar-refractivity contribution < 1.29 is 19.4 Å². The third-order valence-electron chi connectivity index (χ3n) is 6.70. The number of carbonyl (C=O) groups excluding carboxylic acids is 1. The topological polar surface area (TPSA) is 126 Å². The second-order valence-corrected chi connectivity index (χ2v) is 9.66. The monoisotopic (exact) mass is 537 g/mol. The lowest BCUT2D eigenvalue weighted by molar-refractivity contribution is -0.139. The summed E-state index contributed by atoms with van der Waals surface area (Å²) in [4.78, 5) is 37.9. The van der Waals surface area contributed by atoms with Crippen LogP contribution in [0.2, 0.25) is 0 Å². The number of benzene rings is 2. The van der Waals surface area contributed by atoms with E-state index in [1.807, 2.05) is 54.6 Å². The molecule has 1 atom stereocenters. The molecule has 0 aliphatic carbocycles. The first kappa shape index (κ1) is 26.8. The van der Waals surface area contributed by atoms with E-state index in [1.54, 1.807) is 6.20 Å². The lowest BCUT2D eigenvalue weighted by atomic mass is 10.1. The Labute approximate surface area is 232 Å². The Kier molecular flexibility index (Phi) is 8.60. The van der Waals surface area contributed by atoms with Crippen molar-refractivity contribution >= 4 is 17.7 Å². The molecule has 0 fully saturated rings. The standard InChI is InChI=1S/C31H31N5O4/c37-30(28-20-32-19-27(35-28)22-6-2-1-3-7-22)36-26(31(38)39)18-21-10-14-25(15-11-21)40-17-5-9-24-13-12-23-8-4-16-33-29(23)34-24/h1-3,6-7,10-15,19-20,26H,4-5,8-9,16-18H2,(H,33,34)(H,36,37)(H,38,39)/t26-/m0/s1. The zero-order valence-electron chi connectivity index (χ0n) is 22.0. The quantitative estimate of drug-likeness (QED) is 0.241. The molecule has 0 radical (unpaired) electrons. The summed E-state index contributed by atoms with van der Waals surface area (Å²) in [6, 6.07) is 19.7. The molecule has 1 aliphatic rings. The van der Waals surface area contributed by atoms with E-state index < -0.39 is 17.9 Å². The summed E-state index contributed by atoms with van der Waals surface area (Å²) < 4.78 is 5.87. The molecule has 1 amide bonds. The molecule has 2 aromatic heterocycles. The number of ether oxygens (including phenoxy) is 1. The number of aromatic nitrogens is 3. The number of nitrogens with one attached hydrogen (secondary N) is 2. The van der Waals surface area contributed by atoms with Gasteiger partial charge in [0.25, 0.3) is 5.91 Å². The number of aryl methyl sites for hydroxylation is 2. The van der Waals surface area contributed by atoms with Crippen molar-refractivity contribution in [3.05, 3.63) is 102 Å². The number of rotatable bonds is 11. The van der Waals surface area contributed by atoms with E-state index in [-0.39, 0.29) is 12.1 Å². The minimum absolute atomic E-state index is 0.0539. The highest BCUT2D eigenvalue weighted by molar-refractivity contribution is 5.95. The Morgan fingerprint density at radius 1 is 1.00 bits per heavy atom. The molecule has 9 heteroatoms. The molecule has 0 saturated carbocycles. The number of carbonyl (C=O) groups is 2. The molecule has 1 aliphatic heterocycles. The summed E-state index contributed by atoms with van der Waals surface area (Å²) in [6.07, 6.45) is 6.88. The van der Waals surface area contributed by atoms with Gasteiger partial charge in [-0.05, 0) is 55.0 Å². The first-order valence-electron chi connectivity index (χ1n) is 13.4. The molecule has 204 valence electrons. The third kappa shape index (κ3) is 6.99. The lowest BCUT2D eigenvalue weighted by Crippen LogP contribution is -2.42. The van der Waals surface area contributed by atoms with Gasteiger partial charge in [-0.15, -0.1) is 0 Å². The van der Waals surface area contributed by atoms with Crippen molar-refractivity contribution in [2.45, 2.75) is 38.1 Å². The number of amides is 1. The van der Waals surface area contributed by atoms with Gasteiger partial charge >= 0.3 is 5.97 Å². The average molecular weight is 538 g/mol. The van der Waals surface area contributed by atoms with Gasteiger partial charge in [-0.2, -0.15) is 0 Å². The van der Waals surface area contributed by atoms with Gasteiger partial charge in [0.2, 0.25) is 0 Å². The van der Waals surface area contributed by atoms with E-state index in [0.717, 1.165) is 54.9 Å². The number of carboxylic acids is 1. The molecule has 0 unspecified atom stereocenters. The van der Waals surface area contributed by atoms with Crippen molar-refractivity contribution in [3.63, 3.8) is 0 Å². The summed E-state index contributed by atoms with van der Waals surface area (Å²) in [7, 11) is 0. The molecule has 0 bridgehead atoms. The first-order valence-corrected chi connectivity index (χ1v) is 13.4. The van der Waals surface area contributed by atoms with Crippen molar-refractivity contribution in [1.82, 2.24) is 20.3 Å². The third-order valence-corrected chi connectivity index (χ3v) is 6.70. The van der Waals surface area contributed by atoms with Gasteiger partial charge < -0.3 is 20.5 Å². The average Bonchev–Trinajstić information content (AvgIpc) is 3.00. The van der Waals surface area contributed by atoms with Crippen LogP contribution < -0.4 is 15.4 Å². The maximum atomic E-state index is 12.8. The van der Waals surface area contributed by atoms with E-state index in [1.165, 1.54) is 11.8 Å². The number of pyridine rings is 1. The molecular weight excluding hydrogens is 506 g/mol. The fourth-order valence-corrected chi connectivity index (χ4v) is 4.56. The van der Waals surface area contributed by atoms with Gasteiger partial charge in [-0.25, -0.2) is 14.8 Å². The van der Waals surface area contributed by atoms with E-state index >= 15 is 0 Å². The van der Waals surface area contributed by atoms with Crippen LogP contribution in [0.5, 0.6) is 5.75 Å². The highest BCUT2D eigenvalue weighted by Gasteiger charge is 2.22. The fraction of sp³-hybridized carbons (Fsp3) is 0.258. The predicted molar refractivity (Wildman–Crippen MR) is 151 cm³/mol. The van der Waals surface area contributed by atoms with E-state index in [9.17, 15) is 14.7 Å². The molecule has 4 aromatic rings. The SMILES string of the molecule is O=C(N[C@@H](Cc1ccc(OCCCc2ccc3c(n2)NCCC3)cc1)C(=O)O)c1cncc(-c2ccccc2)n1. The smallest absolute Gasteiger partial charge is 0.326 e. The minimum Gasteiger partial charge on any atom is -0.494 e. The van der Waals surface area contributed by atoms with Crippen LogP contribution in [-0.4, -0.2) is 51.1 Å². The summed E-state index contributed by atoms with van der Waals surface area (Å²) in [6.45, 7) is 1.52. The highest BCUT2D eigenvalue weighted by Crippen LogP contribution is 2.21. The Bertz CT molecular complexity index is 1460. The van der Waals surface area contributed by atoms with Crippen LogP contribution >= 0.6 is 0 Å². The second-order valence-electron chi connectivity index (χ2n) is 9.66. The van der Waals surface area contributed by atoms with Crippen molar-refractivity contribution in [2.75, 3.05) is 18.5 Å². The van der Waals surface area contributed by atoms with Crippen molar-refractivity contribution in [1.29, 1.82) is 0 Å². The zero-order chi connectivity index (χ0) is 27.7. The number of aliphatic carboxylic acids is 1.